The first-order valence-electron chi connectivity index (χ1n) is 9.40. The van der Waals surface area contributed by atoms with Gasteiger partial charge in [0.05, 0.1) is 38.7 Å². The van der Waals surface area contributed by atoms with E-state index in [4.69, 9.17) is 14.6 Å². The highest BCUT2D eigenvalue weighted by Crippen LogP contribution is 2.32. The SMILES string of the molecule is c1ccc(COCCn2nc3c(c2C2CCNCC2)COCC3)cc1. The molecule has 2 aliphatic rings. The summed E-state index contributed by atoms with van der Waals surface area (Å²) in [6, 6.07) is 10.3. The smallest absolute Gasteiger partial charge is 0.0753 e. The first kappa shape index (κ1) is 16.8. The van der Waals surface area contributed by atoms with Crippen molar-refractivity contribution in [1.29, 1.82) is 0 Å². The number of nitrogens with one attached hydrogen (secondary N) is 1. The molecule has 134 valence electrons. The minimum absolute atomic E-state index is 0.591. The van der Waals surface area contributed by atoms with Crippen molar-refractivity contribution >= 4 is 0 Å². The van der Waals surface area contributed by atoms with Crippen LogP contribution < -0.4 is 5.32 Å². The number of rotatable bonds is 6. The van der Waals surface area contributed by atoms with Crippen LogP contribution in [0.5, 0.6) is 0 Å². The van der Waals surface area contributed by atoms with Crippen molar-refractivity contribution in [2.45, 2.75) is 44.9 Å². The van der Waals surface area contributed by atoms with E-state index in [1.807, 2.05) is 6.07 Å². The largest absolute Gasteiger partial charge is 0.376 e. The van der Waals surface area contributed by atoms with Crippen LogP contribution in [0.3, 0.4) is 0 Å². The number of piperidine rings is 1. The molecule has 0 radical (unpaired) electrons. The van der Waals surface area contributed by atoms with E-state index in [2.05, 4.69) is 34.3 Å². The van der Waals surface area contributed by atoms with Crippen LogP contribution in [0.25, 0.3) is 0 Å². The molecule has 1 saturated heterocycles. The maximum atomic E-state index is 5.89. The van der Waals surface area contributed by atoms with Crippen molar-refractivity contribution in [3.05, 3.63) is 52.8 Å². The van der Waals surface area contributed by atoms with Gasteiger partial charge in [-0.05, 0) is 31.5 Å². The monoisotopic (exact) mass is 341 g/mol. The third-order valence-electron chi connectivity index (χ3n) is 5.19. The molecule has 5 heteroatoms. The minimum Gasteiger partial charge on any atom is -0.376 e. The minimum atomic E-state index is 0.591. The van der Waals surface area contributed by atoms with Crippen molar-refractivity contribution in [3.8, 4) is 0 Å². The van der Waals surface area contributed by atoms with E-state index < -0.39 is 0 Å². The predicted octanol–water partition coefficient (Wildman–Crippen LogP) is 2.64. The van der Waals surface area contributed by atoms with Gasteiger partial charge in [-0.1, -0.05) is 30.3 Å². The lowest BCUT2D eigenvalue weighted by atomic mass is 9.90. The average Bonchev–Trinajstić information content (AvgIpc) is 3.05. The van der Waals surface area contributed by atoms with Crippen molar-refractivity contribution in [3.63, 3.8) is 0 Å². The lowest BCUT2D eigenvalue weighted by Crippen LogP contribution is -2.28. The first-order chi connectivity index (χ1) is 12.4. The fourth-order valence-corrected chi connectivity index (χ4v) is 3.90. The third kappa shape index (κ3) is 3.94. The summed E-state index contributed by atoms with van der Waals surface area (Å²) in [5.41, 5.74) is 5.21. The van der Waals surface area contributed by atoms with Gasteiger partial charge in [0.25, 0.3) is 0 Å². The molecule has 4 rings (SSSR count). The summed E-state index contributed by atoms with van der Waals surface area (Å²) in [5, 5.41) is 8.37. The fourth-order valence-electron chi connectivity index (χ4n) is 3.90. The van der Waals surface area contributed by atoms with E-state index >= 15 is 0 Å². The second kappa shape index (κ2) is 8.13. The summed E-state index contributed by atoms with van der Waals surface area (Å²) in [7, 11) is 0. The Morgan fingerprint density at radius 1 is 1.20 bits per heavy atom. The molecule has 0 atom stereocenters. The molecule has 0 aliphatic carbocycles. The van der Waals surface area contributed by atoms with Crippen molar-refractivity contribution in [2.24, 2.45) is 0 Å². The number of fused-ring (bicyclic) bond motifs is 1. The van der Waals surface area contributed by atoms with Gasteiger partial charge in [-0.3, -0.25) is 4.68 Å². The number of benzene rings is 1. The lowest BCUT2D eigenvalue weighted by Gasteiger charge is -2.25. The summed E-state index contributed by atoms with van der Waals surface area (Å²) >= 11 is 0. The Morgan fingerprint density at radius 3 is 2.88 bits per heavy atom. The Morgan fingerprint density at radius 2 is 2.04 bits per heavy atom. The lowest BCUT2D eigenvalue weighted by molar-refractivity contribution is 0.108. The zero-order valence-electron chi connectivity index (χ0n) is 14.7. The van der Waals surface area contributed by atoms with E-state index in [1.54, 1.807) is 0 Å². The van der Waals surface area contributed by atoms with E-state index in [0.717, 1.165) is 39.3 Å². The van der Waals surface area contributed by atoms with Crippen molar-refractivity contribution in [2.75, 3.05) is 26.3 Å². The standard InChI is InChI=1S/C20H27N3O2/c1-2-4-16(5-3-1)14-25-13-11-23-20(17-6-9-21-10-7-17)18-15-24-12-8-19(18)22-23/h1-5,17,21H,6-15H2. The molecule has 5 nitrogen and oxygen atoms in total. The fraction of sp³-hybridized carbons (Fsp3) is 0.550. The molecule has 2 aliphatic heterocycles. The zero-order chi connectivity index (χ0) is 16.9. The molecule has 0 unspecified atom stereocenters. The number of hydrogen-bond acceptors (Lipinski definition) is 4. The second-order valence-corrected chi connectivity index (χ2v) is 6.90. The average molecular weight is 341 g/mol. The molecule has 0 amide bonds. The van der Waals surface area contributed by atoms with Gasteiger partial charge in [0, 0.05) is 23.6 Å². The van der Waals surface area contributed by atoms with Gasteiger partial charge in [-0.25, -0.2) is 0 Å². The Hall–Kier alpha value is -1.69. The van der Waals surface area contributed by atoms with Gasteiger partial charge < -0.3 is 14.8 Å². The first-order valence-corrected chi connectivity index (χ1v) is 9.40. The Labute approximate surface area is 149 Å². The molecule has 1 N–H and O–H groups in total. The Kier molecular flexibility index (Phi) is 5.45. The Balaban J connectivity index is 1.43. The highest BCUT2D eigenvalue weighted by Gasteiger charge is 2.27. The van der Waals surface area contributed by atoms with Crippen LogP contribution in [0.2, 0.25) is 0 Å². The van der Waals surface area contributed by atoms with Gasteiger partial charge in [0.1, 0.15) is 0 Å². The number of nitrogens with zero attached hydrogens (tertiary/aromatic N) is 2. The van der Waals surface area contributed by atoms with Gasteiger partial charge in [-0.2, -0.15) is 5.10 Å². The summed E-state index contributed by atoms with van der Waals surface area (Å²) in [5.74, 6) is 0.591. The highest BCUT2D eigenvalue weighted by molar-refractivity contribution is 5.30. The van der Waals surface area contributed by atoms with Crippen LogP contribution in [0.4, 0.5) is 0 Å². The maximum absolute atomic E-state index is 5.89. The van der Waals surface area contributed by atoms with Crippen LogP contribution in [0.1, 0.15) is 41.3 Å². The van der Waals surface area contributed by atoms with Crippen LogP contribution in [0, 0.1) is 0 Å². The van der Waals surface area contributed by atoms with Crippen LogP contribution in [-0.4, -0.2) is 36.1 Å². The van der Waals surface area contributed by atoms with Gasteiger partial charge in [-0.15, -0.1) is 0 Å². The van der Waals surface area contributed by atoms with Crippen molar-refractivity contribution < 1.29 is 9.47 Å². The molecule has 3 heterocycles. The summed E-state index contributed by atoms with van der Waals surface area (Å²) in [6.45, 7) is 5.87. The van der Waals surface area contributed by atoms with Gasteiger partial charge >= 0.3 is 0 Å². The molecule has 0 saturated carbocycles. The number of hydrogen-bond donors (Lipinski definition) is 1. The highest BCUT2D eigenvalue weighted by atomic mass is 16.5. The van der Waals surface area contributed by atoms with E-state index in [-0.39, 0.29) is 0 Å². The van der Waals surface area contributed by atoms with Gasteiger partial charge in [0.15, 0.2) is 0 Å². The topological polar surface area (TPSA) is 48.3 Å². The van der Waals surface area contributed by atoms with E-state index in [1.165, 1.54) is 35.4 Å². The zero-order valence-corrected chi connectivity index (χ0v) is 14.7. The molecule has 1 aromatic carbocycles. The van der Waals surface area contributed by atoms with Gasteiger partial charge in [0.2, 0.25) is 0 Å². The molecule has 1 aromatic heterocycles. The summed E-state index contributed by atoms with van der Waals surface area (Å²) < 4.78 is 13.8. The van der Waals surface area contributed by atoms with Crippen molar-refractivity contribution in [1.82, 2.24) is 15.1 Å². The van der Waals surface area contributed by atoms with E-state index in [0.29, 0.717) is 19.1 Å². The molecule has 1 fully saturated rings. The quantitative estimate of drug-likeness (QED) is 0.821. The van der Waals surface area contributed by atoms with Crippen LogP contribution in [-0.2, 0) is 35.7 Å². The molecule has 2 aromatic rings. The maximum Gasteiger partial charge on any atom is 0.0753 e. The summed E-state index contributed by atoms with van der Waals surface area (Å²) in [6.07, 6.45) is 3.30. The molecule has 0 spiro atoms. The third-order valence-corrected chi connectivity index (χ3v) is 5.19. The second-order valence-electron chi connectivity index (χ2n) is 6.90. The van der Waals surface area contributed by atoms with Crippen LogP contribution >= 0.6 is 0 Å². The molecular weight excluding hydrogens is 314 g/mol. The number of aromatic nitrogens is 2. The molecule has 25 heavy (non-hydrogen) atoms. The molecule has 0 bridgehead atoms. The molecular formula is C20H27N3O2. The van der Waals surface area contributed by atoms with E-state index in [9.17, 15) is 0 Å². The summed E-state index contributed by atoms with van der Waals surface area (Å²) in [4.78, 5) is 0. The number of ether oxygens (including phenoxy) is 2. The normalized spacial score (nSPS) is 18.2. The Bertz CT molecular complexity index is 678. The van der Waals surface area contributed by atoms with Crippen LogP contribution in [0.15, 0.2) is 30.3 Å². The predicted molar refractivity (Wildman–Crippen MR) is 96.5 cm³/mol.